The number of nitrogens with zero attached hydrogens (tertiary/aromatic N) is 5. The van der Waals surface area contributed by atoms with Crippen molar-refractivity contribution in [3.63, 3.8) is 0 Å². The molecule has 0 spiro atoms. The lowest BCUT2D eigenvalue weighted by atomic mass is 9.84. The maximum Gasteiger partial charge on any atom is 0.256 e. The van der Waals surface area contributed by atoms with Gasteiger partial charge in [0.15, 0.2) is 0 Å². The van der Waals surface area contributed by atoms with Gasteiger partial charge in [-0.2, -0.15) is 15.4 Å². The SMILES string of the molecule is Cc1cncc(CC(=O)N2CCCC(C3CCN(C(=O)c4cc5n[nH]nc5cc4F)C3)C2)c1. The smallest absolute Gasteiger partial charge is 0.256 e. The number of aromatic nitrogens is 4. The normalized spacial score (nSPS) is 21.0. The molecule has 2 aliphatic rings. The van der Waals surface area contributed by atoms with Crippen molar-refractivity contribution in [2.45, 2.75) is 32.6 Å². The van der Waals surface area contributed by atoms with Crippen LogP contribution >= 0.6 is 0 Å². The Morgan fingerprint density at radius 2 is 1.79 bits per heavy atom. The Kier molecular flexibility index (Phi) is 5.78. The second-order valence-corrected chi connectivity index (χ2v) is 9.23. The number of halogens is 1. The first kappa shape index (κ1) is 21.5. The number of benzene rings is 1. The van der Waals surface area contributed by atoms with Crippen LogP contribution in [0.4, 0.5) is 4.39 Å². The van der Waals surface area contributed by atoms with E-state index in [0.29, 0.717) is 48.9 Å². The third kappa shape index (κ3) is 4.44. The monoisotopic (exact) mass is 450 g/mol. The number of carbonyl (C=O) groups excluding carboxylic acids is 2. The summed E-state index contributed by atoms with van der Waals surface area (Å²) < 4.78 is 14.5. The van der Waals surface area contributed by atoms with Gasteiger partial charge in [-0.15, -0.1) is 0 Å². The van der Waals surface area contributed by atoms with Crippen LogP contribution in [0.15, 0.2) is 30.6 Å². The van der Waals surface area contributed by atoms with Gasteiger partial charge in [-0.05, 0) is 55.2 Å². The number of carbonyl (C=O) groups is 2. The highest BCUT2D eigenvalue weighted by molar-refractivity contribution is 5.97. The lowest BCUT2D eigenvalue weighted by molar-refractivity contribution is -0.132. The molecule has 2 atom stereocenters. The number of aromatic amines is 1. The van der Waals surface area contributed by atoms with E-state index in [1.54, 1.807) is 17.3 Å². The Labute approximate surface area is 191 Å². The van der Waals surface area contributed by atoms with Gasteiger partial charge in [0.1, 0.15) is 16.9 Å². The van der Waals surface area contributed by atoms with Crippen molar-refractivity contribution in [1.82, 2.24) is 30.2 Å². The van der Waals surface area contributed by atoms with E-state index in [1.165, 1.54) is 12.1 Å². The molecule has 2 unspecified atom stereocenters. The molecular formula is C24H27FN6O2. The van der Waals surface area contributed by atoms with Gasteiger partial charge in [-0.3, -0.25) is 14.6 Å². The molecule has 2 aliphatic heterocycles. The molecule has 172 valence electrons. The summed E-state index contributed by atoms with van der Waals surface area (Å²) >= 11 is 0. The average Bonchev–Trinajstić information content (AvgIpc) is 3.48. The zero-order valence-electron chi connectivity index (χ0n) is 18.6. The summed E-state index contributed by atoms with van der Waals surface area (Å²) in [6, 6.07) is 4.71. The van der Waals surface area contributed by atoms with E-state index in [0.717, 1.165) is 36.9 Å². The predicted molar refractivity (Wildman–Crippen MR) is 120 cm³/mol. The fourth-order valence-corrected chi connectivity index (χ4v) is 5.18. The summed E-state index contributed by atoms with van der Waals surface area (Å²) in [5.74, 6) is -0.107. The number of pyridine rings is 1. The second-order valence-electron chi connectivity index (χ2n) is 9.23. The van der Waals surface area contributed by atoms with E-state index < -0.39 is 5.82 Å². The lowest BCUT2D eigenvalue weighted by Gasteiger charge is -2.36. The quantitative estimate of drug-likeness (QED) is 0.660. The number of nitrogens with one attached hydrogen (secondary N) is 1. The van der Waals surface area contributed by atoms with Crippen molar-refractivity contribution in [3.05, 3.63) is 53.1 Å². The minimum absolute atomic E-state index is 0.0317. The average molecular weight is 451 g/mol. The molecule has 2 aromatic heterocycles. The molecule has 9 heteroatoms. The number of hydrogen-bond acceptors (Lipinski definition) is 5. The van der Waals surface area contributed by atoms with E-state index >= 15 is 0 Å². The third-order valence-electron chi connectivity index (χ3n) is 6.91. The fraction of sp³-hybridized carbons (Fsp3) is 0.458. The van der Waals surface area contributed by atoms with Crippen molar-refractivity contribution in [3.8, 4) is 0 Å². The molecular weight excluding hydrogens is 423 g/mol. The maximum absolute atomic E-state index is 14.5. The van der Waals surface area contributed by atoms with Gasteiger partial charge >= 0.3 is 0 Å². The Morgan fingerprint density at radius 3 is 2.61 bits per heavy atom. The van der Waals surface area contributed by atoms with Crippen LogP contribution in [-0.4, -0.2) is 68.2 Å². The van der Waals surface area contributed by atoms with Crippen LogP contribution in [0.2, 0.25) is 0 Å². The summed E-state index contributed by atoms with van der Waals surface area (Å²) in [5.41, 5.74) is 2.89. The van der Waals surface area contributed by atoms with Crippen molar-refractivity contribution >= 4 is 22.8 Å². The molecule has 0 saturated carbocycles. The number of amides is 2. The van der Waals surface area contributed by atoms with Gasteiger partial charge in [0, 0.05) is 44.6 Å². The van der Waals surface area contributed by atoms with Crippen LogP contribution in [-0.2, 0) is 11.2 Å². The highest BCUT2D eigenvalue weighted by Gasteiger charge is 2.36. The summed E-state index contributed by atoms with van der Waals surface area (Å²) in [6.45, 7) is 4.64. The Balaban J connectivity index is 1.22. The Bertz CT molecular complexity index is 1190. The van der Waals surface area contributed by atoms with Crippen LogP contribution in [0.25, 0.3) is 11.0 Å². The third-order valence-corrected chi connectivity index (χ3v) is 6.91. The van der Waals surface area contributed by atoms with E-state index in [-0.39, 0.29) is 17.4 Å². The van der Waals surface area contributed by atoms with Gasteiger partial charge < -0.3 is 9.80 Å². The van der Waals surface area contributed by atoms with Crippen LogP contribution in [0.3, 0.4) is 0 Å². The van der Waals surface area contributed by atoms with Gasteiger partial charge in [0.25, 0.3) is 5.91 Å². The molecule has 0 radical (unpaired) electrons. The fourth-order valence-electron chi connectivity index (χ4n) is 5.18. The zero-order chi connectivity index (χ0) is 22.9. The van der Waals surface area contributed by atoms with Crippen LogP contribution < -0.4 is 0 Å². The summed E-state index contributed by atoms with van der Waals surface area (Å²) in [4.78, 5) is 33.8. The van der Waals surface area contributed by atoms with Crippen LogP contribution in [0.1, 0.15) is 40.7 Å². The van der Waals surface area contributed by atoms with E-state index in [1.807, 2.05) is 17.9 Å². The zero-order valence-corrected chi connectivity index (χ0v) is 18.6. The molecule has 2 amide bonds. The van der Waals surface area contributed by atoms with E-state index in [2.05, 4.69) is 20.4 Å². The van der Waals surface area contributed by atoms with Crippen LogP contribution in [0, 0.1) is 24.6 Å². The number of H-pyrrole nitrogens is 1. The van der Waals surface area contributed by atoms with E-state index in [4.69, 9.17) is 0 Å². The molecule has 8 nitrogen and oxygen atoms in total. The molecule has 5 rings (SSSR count). The highest BCUT2D eigenvalue weighted by atomic mass is 19.1. The van der Waals surface area contributed by atoms with Crippen molar-refractivity contribution < 1.29 is 14.0 Å². The molecule has 0 aliphatic carbocycles. The van der Waals surface area contributed by atoms with Crippen molar-refractivity contribution in [2.75, 3.05) is 26.2 Å². The molecule has 0 bridgehead atoms. The number of hydrogen-bond donors (Lipinski definition) is 1. The first-order chi connectivity index (χ1) is 16.0. The molecule has 2 fully saturated rings. The molecule has 2 saturated heterocycles. The number of piperidine rings is 1. The summed E-state index contributed by atoms with van der Waals surface area (Å²) in [7, 11) is 0. The molecule has 1 aromatic carbocycles. The minimum atomic E-state index is -0.579. The predicted octanol–water partition coefficient (Wildman–Crippen LogP) is 2.74. The van der Waals surface area contributed by atoms with Crippen molar-refractivity contribution in [2.24, 2.45) is 11.8 Å². The maximum atomic E-state index is 14.5. The Morgan fingerprint density at radius 1 is 1.03 bits per heavy atom. The molecule has 4 heterocycles. The lowest BCUT2D eigenvalue weighted by Crippen LogP contribution is -2.43. The topological polar surface area (TPSA) is 95.1 Å². The molecule has 33 heavy (non-hydrogen) atoms. The van der Waals surface area contributed by atoms with Gasteiger partial charge in [0.2, 0.25) is 5.91 Å². The van der Waals surface area contributed by atoms with Crippen LogP contribution in [0.5, 0.6) is 0 Å². The van der Waals surface area contributed by atoms with Gasteiger partial charge in [-0.25, -0.2) is 4.39 Å². The highest BCUT2D eigenvalue weighted by Crippen LogP contribution is 2.32. The van der Waals surface area contributed by atoms with E-state index in [9.17, 15) is 14.0 Å². The number of aryl methyl sites for hydroxylation is 1. The Hall–Kier alpha value is -3.36. The van der Waals surface area contributed by atoms with Gasteiger partial charge in [0.05, 0.1) is 12.0 Å². The standard InChI is InChI=1S/C24H27FN6O2/c1-15-7-16(12-26-11-15)8-23(32)30-5-2-3-17(13-30)18-4-6-31(14-18)24(33)19-9-21-22(10-20(19)25)28-29-27-21/h7,9-12,17-18H,2-6,8,13-14H2,1H3,(H,27,28,29). The number of fused-ring (bicyclic) bond motifs is 1. The summed E-state index contributed by atoms with van der Waals surface area (Å²) in [6.07, 6.45) is 6.77. The first-order valence-electron chi connectivity index (χ1n) is 11.5. The first-order valence-corrected chi connectivity index (χ1v) is 11.5. The molecule has 1 N–H and O–H groups in total. The summed E-state index contributed by atoms with van der Waals surface area (Å²) in [5, 5.41) is 10.3. The number of likely N-dealkylation sites (tertiary alicyclic amines) is 2. The second kappa shape index (κ2) is 8.88. The van der Waals surface area contributed by atoms with Gasteiger partial charge in [-0.1, -0.05) is 6.07 Å². The largest absolute Gasteiger partial charge is 0.342 e. The molecule has 3 aromatic rings. The number of rotatable bonds is 4. The minimum Gasteiger partial charge on any atom is -0.342 e. The van der Waals surface area contributed by atoms with Crippen molar-refractivity contribution in [1.29, 1.82) is 0 Å².